The van der Waals surface area contributed by atoms with Gasteiger partial charge in [-0.2, -0.15) is 0 Å². The van der Waals surface area contributed by atoms with Crippen molar-refractivity contribution >= 4 is 18.0 Å². The number of carbonyl (C=O) groups is 3. The van der Waals surface area contributed by atoms with Crippen molar-refractivity contribution < 1.29 is 47.5 Å². The van der Waals surface area contributed by atoms with E-state index in [0.29, 0.717) is 5.56 Å². The molecule has 0 N–H and O–H groups in total. The molecule has 1 aliphatic rings. The molecule has 6 rings (SSSR count). The van der Waals surface area contributed by atoms with Crippen LogP contribution < -0.4 is 0 Å². The monoisotopic (exact) mass is 759 g/mol. The summed E-state index contributed by atoms with van der Waals surface area (Å²) in [4.78, 5) is 41.6. The van der Waals surface area contributed by atoms with Crippen LogP contribution in [0.1, 0.15) is 50.6 Å². The van der Waals surface area contributed by atoms with Gasteiger partial charge in [0.25, 0.3) is 0 Å². The Balaban J connectivity index is 1.22. The van der Waals surface area contributed by atoms with Gasteiger partial charge >= 0.3 is 18.0 Å². The quantitative estimate of drug-likeness (QED) is 0.0529. The zero-order valence-electron chi connectivity index (χ0n) is 31.1. The van der Waals surface area contributed by atoms with Crippen LogP contribution in [0, 0.1) is 0 Å². The minimum atomic E-state index is -1.29. The molecule has 0 spiro atoms. The Morgan fingerprint density at radius 2 is 1.25 bits per heavy atom. The number of ether oxygens (including phenoxy) is 7. The van der Waals surface area contributed by atoms with Crippen LogP contribution in [0.4, 0.5) is 4.79 Å². The van der Waals surface area contributed by atoms with Crippen LogP contribution >= 0.6 is 0 Å². The zero-order valence-corrected chi connectivity index (χ0v) is 31.1. The van der Waals surface area contributed by atoms with Gasteiger partial charge in [0.2, 0.25) is 0 Å². The summed E-state index contributed by atoms with van der Waals surface area (Å²) in [5.74, 6) is -1.30. The van der Waals surface area contributed by atoms with E-state index in [-0.39, 0.29) is 38.5 Å². The number of esters is 2. The van der Waals surface area contributed by atoms with E-state index in [4.69, 9.17) is 33.2 Å². The fraction of sp³-hybridized carbons (Fsp3) is 0.267. The Bertz CT molecular complexity index is 1930. The molecule has 1 amide bonds. The van der Waals surface area contributed by atoms with Gasteiger partial charge in [-0.3, -0.25) is 0 Å². The third-order valence-corrected chi connectivity index (χ3v) is 8.94. The summed E-state index contributed by atoms with van der Waals surface area (Å²) in [6, 6.07) is 45.4. The second kappa shape index (κ2) is 20.7. The first-order chi connectivity index (χ1) is 27.4. The van der Waals surface area contributed by atoms with Gasteiger partial charge < -0.3 is 38.1 Å². The Morgan fingerprint density at radius 1 is 0.696 bits per heavy atom. The van der Waals surface area contributed by atoms with E-state index in [1.165, 1.54) is 4.90 Å². The van der Waals surface area contributed by atoms with E-state index in [1.807, 2.05) is 97.9 Å². The number of nitrogens with zero attached hydrogens (tertiary/aromatic N) is 1. The number of rotatable bonds is 17. The summed E-state index contributed by atoms with van der Waals surface area (Å²) in [6.07, 6.45) is -4.87. The molecule has 0 aliphatic carbocycles. The SMILES string of the molecule is C[C@@H]1OC(c2ccccc2)OCC1O[C@@H](OCCN(Cc1ccccc1)C(=O)OCc1ccccc1)[C@H](COC(=O)c1ccccc1)OC(=O)c1ccccc1. The smallest absolute Gasteiger partial charge is 0.410 e. The molecule has 290 valence electrons. The number of amides is 1. The minimum absolute atomic E-state index is 0.0700. The Hall–Kier alpha value is -5.85. The highest BCUT2D eigenvalue weighted by molar-refractivity contribution is 5.90. The van der Waals surface area contributed by atoms with E-state index < -0.39 is 55.5 Å². The largest absolute Gasteiger partial charge is 0.458 e. The lowest BCUT2D eigenvalue weighted by Gasteiger charge is -2.38. The lowest BCUT2D eigenvalue weighted by atomic mass is 10.1. The van der Waals surface area contributed by atoms with Crippen LogP contribution in [0.5, 0.6) is 0 Å². The maximum absolute atomic E-state index is 13.5. The van der Waals surface area contributed by atoms with Crippen LogP contribution in [0.15, 0.2) is 152 Å². The third kappa shape index (κ3) is 11.8. The topological polar surface area (TPSA) is 119 Å². The van der Waals surface area contributed by atoms with Crippen molar-refractivity contribution in [1.29, 1.82) is 0 Å². The second-order valence-electron chi connectivity index (χ2n) is 13.1. The standard InChI is InChI=1S/C45H45NO10/c1-33-39(31-52-43(54-33)38-25-15-6-16-26-38)56-44(40(55-42(48)37-23-13-5-14-24-37)32-51-41(47)36-21-11-4-12-22-36)50-28-27-46(29-34-17-7-2-8-18-34)45(49)53-30-35-19-9-3-10-20-35/h2-26,33,39-40,43-44H,27-32H2,1H3/t33-,39?,40-,43?,44+/m0/s1. The maximum Gasteiger partial charge on any atom is 0.410 e. The molecule has 0 aromatic heterocycles. The molecule has 0 radical (unpaired) electrons. The molecule has 0 saturated carbocycles. The molecule has 5 aromatic carbocycles. The predicted molar refractivity (Wildman–Crippen MR) is 206 cm³/mol. The molecule has 1 aliphatic heterocycles. The van der Waals surface area contributed by atoms with Crippen LogP contribution in [0.25, 0.3) is 0 Å². The van der Waals surface area contributed by atoms with Crippen LogP contribution in [-0.2, 0) is 46.3 Å². The highest BCUT2D eigenvalue weighted by atomic mass is 16.8. The minimum Gasteiger partial charge on any atom is -0.458 e. The third-order valence-electron chi connectivity index (χ3n) is 8.94. The maximum atomic E-state index is 13.5. The van der Waals surface area contributed by atoms with E-state index >= 15 is 0 Å². The molecule has 11 heteroatoms. The van der Waals surface area contributed by atoms with Crippen molar-refractivity contribution in [3.8, 4) is 0 Å². The number of hydrogen-bond donors (Lipinski definition) is 0. The molecular formula is C45H45NO10. The number of benzene rings is 5. The van der Waals surface area contributed by atoms with Gasteiger partial charge in [0.05, 0.1) is 30.4 Å². The van der Waals surface area contributed by atoms with Gasteiger partial charge in [-0.1, -0.05) is 127 Å². The molecule has 2 unspecified atom stereocenters. The lowest BCUT2D eigenvalue weighted by Crippen LogP contribution is -2.48. The van der Waals surface area contributed by atoms with Crippen LogP contribution in [0.2, 0.25) is 0 Å². The molecule has 11 nitrogen and oxygen atoms in total. The highest BCUT2D eigenvalue weighted by Gasteiger charge is 2.37. The van der Waals surface area contributed by atoms with Crippen molar-refractivity contribution in [1.82, 2.24) is 4.90 Å². The molecule has 0 bridgehead atoms. The summed E-state index contributed by atoms with van der Waals surface area (Å²) in [6.45, 7) is 1.91. The van der Waals surface area contributed by atoms with Crippen molar-refractivity contribution in [3.63, 3.8) is 0 Å². The van der Waals surface area contributed by atoms with Crippen molar-refractivity contribution in [2.75, 3.05) is 26.4 Å². The Morgan fingerprint density at radius 3 is 1.86 bits per heavy atom. The summed E-state index contributed by atoms with van der Waals surface area (Å²) in [5.41, 5.74) is 3.19. The van der Waals surface area contributed by atoms with Gasteiger partial charge in [-0.25, -0.2) is 14.4 Å². The highest BCUT2D eigenvalue weighted by Crippen LogP contribution is 2.29. The summed E-state index contributed by atoms with van der Waals surface area (Å²) in [7, 11) is 0. The zero-order chi connectivity index (χ0) is 39.0. The predicted octanol–water partition coefficient (Wildman–Crippen LogP) is 7.77. The van der Waals surface area contributed by atoms with Gasteiger partial charge in [-0.05, 0) is 42.3 Å². The van der Waals surface area contributed by atoms with E-state index in [0.717, 1.165) is 16.7 Å². The fourth-order valence-corrected chi connectivity index (χ4v) is 5.87. The Kier molecular flexibility index (Phi) is 14.7. The first-order valence-electron chi connectivity index (χ1n) is 18.5. The normalized spacial score (nSPS) is 17.6. The Labute approximate surface area is 326 Å². The number of carbonyl (C=O) groups excluding carboxylic acids is 3. The molecule has 1 fully saturated rings. The average Bonchev–Trinajstić information content (AvgIpc) is 3.25. The molecule has 5 atom stereocenters. The molecule has 1 saturated heterocycles. The van der Waals surface area contributed by atoms with Crippen LogP contribution in [-0.4, -0.2) is 73.9 Å². The van der Waals surface area contributed by atoms with Gasteiger partial charge in [0, 0.05) is 18.7 Å². The first-order valence-corrected chi connectivity index (χ1v) is 18.5. The van der Waals surface area contributed by atoms with Gasteiger partial charge in [0.15, 0.2) is 18.7 Å². The second-order valence-corrected chi connectivity index (χ2v) is 13.1. The molecule has 5 aromatic rings. The number of hydrogen-bond acceptors (Lipinski definition) is 10. The molecule has 56 heavy (non-hydrogen) atoms. The van der Waals surface area contributed by atoms with Crippen molar-refractivity contribution in [2.45, 2.75) is 51.0 Å². The van der Waals surface area contributed by atoms with E-state index in [1.54, 1.807) is 60.7 Å². The first kappa shape index (κ1) is 39.8. The summed E-state index contributed by atoms with van der Waals surface area (Å²) < 4.78 is 42.6. The summed E-state index contributed by atoms with van der Waals surface area (Å²) in [5, 5.41) is 0. The lowest BCUT2D eigenvalue weighted by molar-refractivity contribution is -0.304. The van der Waals surface area contributed by atoms with Crippen molar-refractivity contribution in [2.24, 2.45) is 0 Å². The van der Waals surface area contributed by atoms with Crippen LogP contribution in [0.3, 0.4) is 0 Å². The van der Waals surface area contributed by atoms with E-state index in [9.17, 15) is 14.4 Å². The molecule has 1 heterocycles. The summed E-state index contributed by atoms with van der Waals surface area (Å²) >= 11 is 0. The van der Waals surface area contributed by atoms with Crippen molar-refractivity contribution in [3.05, 3.63) is 179 Å². The molecular weight excluding hydrogens is 714 g/mol. The van der Waals surface area contributed by atoms with E-state index in [2.05, 4.69) is 0 Å². The van der Waals surface area contributed by atoms with Gasteiger partial charge in [-0.15, -0.1) is 0 Å². The van der Waals surface area contributed by atoms with Gasteiger partial charge in [0.1, 0.15) is 19.3 Å². The fourth-order valence-electron chi connectivity index (χ4n) is 5.87. The average molecular weight is 760 g/mol.